The molecule has 0 bridgehead atoms. The van der Waals surface area contributed by atoms with E-state index in [-0.39, 0.29) is 0 Å². The summed E-state index contributed by atoms with van der Waals surface area (Å²) in [6, 6.07) is 34.6. The largest absolute Gasteiger partial charge is 0.0829 e. The third-order valence-electron chi connectivity index (χ3n) is 5.17. The molecular weight excluding hydrogens is 396 g/mol. The molecule has 1 heteroatoms. The van der Waals surface area contributed by atoms with E-state index in [4.69, 9.17) is 11.6 Å². The molecule has 0 saturated heterocycles. The normalized spacial score (nSPS) is 10.2. The molecular formula is C30H17Cl. The van der Waals surface area contributed by atoms with Crippen molar-refractivity contribution in [1.82, 2.24) is 0 Å². The van der Waals surface area contributed by atoms with Gasteiger partial charge in [0, 0.05) is 16.7 Å². The Balaban J connectivity index is 1.78. The molecule has 0 heterocycles. The quantitative estimate of drug-likeness (QED) is 0.183. The molecule has 0 nitrogen and oxygen atoms in total. The van der Waals surface area contributed by atoms with E-state index in [9.17, 15) is 0 Å². The summed E-state index contributed by atoms with van der Waals surface area (Å²) < 4.78 is 0. The Hall–Kier alpha value is -3.97. The van der Waals surface area contributed by atoms with E-state index in [2.05, 4.69) is 54.0 Å². The van der Waals surface area contributed by atoms with Gasteiger partial charge >= 0.3 is 0 Å². The molecule has 0 aliphatic carbocycles. The molecule has 5 aromatic carbocycles. The Morgan fingerprint density at radius 1 is 0.452 bits per heavy atom. The lowest BCUT2D eigenvalue weighted by Gasteiger charge is -2.09. The fourth-order valence-electron chi connectivity index (χ4n) is 3.62. The summed E-state index contributed by atoms with van der Waals surface area (Å²) in [5.41, 5.74) is 3.52. The molecule has 5 rings (SSSR count). The lowest BCUT2D eigenvalue weighted by Crippen LogP contribution is -1.91. The predicted octanol–water partition coefficient (Wildman–Crippen LogP) is 7.45. The first-order valence-electron chi connectivity index (χ1n) is 10.1. The van der Waals surface area contributed by atoms with Crippen molar-refractivity contribution in [1.29, 1.82) is 0 Å². The van der Waals surface area contributed by atoms with Gasteiger partial charge in [0.1, 0.15) is 0 Å². The van der Waals surface area contributed by atoms with E-state index in [0.717, 1.165) is 33.0 Å². The molecule has 0 amide bonds. The van der Waals surface area contributed by atoms with Crippen molar-refractivity contribution < 1.29 is 0 Å². The summed E-state index contributed by atoms with van der Waals surface area (Å²) in [4.78, 5) is 0. The van der Waals surface area contributed by atoms with Crippen LogP contribution >= 0.6 is 11.6 Å². The lowest BCUT2D eigenvalue weighted by molar-refractivity contribution is 1.62. The van der Waals surface area contributed by atoms with Crippen LogP contribution in [0.5, 0.6) is 0 Å². The van der Waals surface area contributed by atoms with Crippen LogP contribution in [0.4, 0.5) is 0 Å². The van der Waals surface area contributed by atoms with Gasteiger partial charge in [-0.05, 0) is 64.0 Å². The number of rotatable bonds is 0. The van der Waals surface area contributed by atoms with Crippen LogP contribution in [0.3, 0.4) is 0 Å². The number of hydrogen-bond donors (Lipinski definition) is 0. The van der Waals surface area contributed by atoms with Gasteiger partial charge in [0.2, 0.25) is 0 Å². The zero-order valence-corrected chi connectivity index (χ0v) is 17.4. The van der Waals surface area contributed by atoms with E-state index < -0.39 is 0 Å². The average molecular weight is 413 g/mol. The Labute approximate surface area is 187 Å². The number of fused-ring (bicyclic) bond motifs is 2. The lowest BCUT2D eigenvalue weighted by atomic mass is 9.95. The highest BCUT2D eigenvalue weighted by molar-refractivity contribution is 6.33. The SMILES string of the molecule is Clc1cc2cc3ccccc3cc2c(C#Cc2ccccc2)c1C#Cc1ccccc1. The maximum Gasteiger partial charge on any atom is 0.0598 e. The number of hydrogen-bond acceptors (Lipinski definition) is 0. The zero-order chi connectivity index (χ0) is 21.0. The molecule has 0 aliphatic rings. The van der Waals surface area contributed by atoms with Gasteiger partial charge in [0.05, 0.1) is 10.6 Å². The van der Waals surface area contributed by atoms with Crippen LogP contribution in [0.25, 0.3) is 21.5 Å². The van der Waals surface area contributed by atoms with Crippen LogP contribution in [0, 0.1) is 23.7 Å². The molecule has 0 unspecified atom stereocenters. The third kappa shape index (κ3) is 4.04. The van der Waals surface area contributed by atoms with Crippen LogP contribution in [0.15, 0.2) is 103 Å². The molecule has 0 atom stereocenters. The molecule has 0 spiro atoms. The van der Waals surface area contributed by atoms with Gasteiger partial charge in [-0.25, -0.2) is 0 Å². The minimum absolute atomic E-state index is 0.614. The molecule has 5 aromatic rings. The van der Waals surface area contributed by atoms with Crippen molar-refractivity contribution in [3.8, 4) is 23.7 Å². The van der Waals surface area contributed by atoms with Crippen molar-refractivity contribution in [3.63, 3.8) is 0 Å². The van der Waals surface area contributed by atoms with Gasteiger partial charge in [0.25, 0.3) is 0 Å². The van der Waals surface area contributed by atoms with E-state index in [0.29, 0.717) is 5.02 Å². The van der Waals surface area contributed by atoms with E-state index in [1.807, 2.05) is 72.8 Å². The molecule has 0 aliphatic heterocycles. The molecule has 0 saturated carbocycles. The second kappa shape index (κ2) is 8.41. The van der Waals surface area contributed by atoms with Crippen molar-refractivity contribution in [2.24, 2.45) is 0 Å². The van der Waals surface area contributed by atoms with Gasteiger partial charge in [0.15, 0.2) is 0 Å². The molecule has 0 N–H and O–H groups in total. The van der Waals surface area contributed by atoms with Crippen molar-refractivity contribution in [3.05, 3.63) is 130 Å². The summed E-state index contributed by atoms with van der Waals surface area (Å²) in [7, 11) is 0. The summed E-state index contributed by atoms with van der Waals surface area (Å²) in [5.74, 6) is 13.2. The summed E-state index contributed by atoms with van der Waals surface area (Å²) in [5, 5.41) is 5.08. The monoisotopic (exact) mass is 412 g/mol. The zero-order valence-electron chi connectivity index (χ0n) is 16.7. The fourth-order valence-corrected chi connectivity index (χ4v) is 3.88. The molecule has 31 heavy (non-hydrogen) atoms. The van der Waals surface area contributed by atoms with Crippen LogP contribution in [-0.2, 0) is 0 Å². The van der Waals surface area contributed by atoms with Crippen molar-refractivity contribution in [2.75, 3.05) is 0 Å². The topological polar surface area (TPSA) is 0 Å². The maximum atomic E-state index is 6.74. The summed E-state index contributed by atoms with van der Waals surface area (Å²) in [6.07, 6.45) is 0. The highest BCUT2D eigenvalue weighted by Gasteiger charge is 2.11. The Bertz CT molecular complexity index is 1520. The predicted molar refractivity (Wildman–Crippen MR) is 131 cm³/mol. The smallest absolute Gasteiger partial charge is 0.0598 e. The molecule has 0 aromatic heterocycles. The Morgan fingerprint density at radius 3 is 1.58 bits per heavy atom. The van der Waals surface area contributed by atoms with Crippen LogP contribution in [0.2, 0.25) is 5.02 Å². The first-order chi connectivity index (χ1) is 15.3. The molecule has 0 fully saturated rings. The highest BCUT2D eigenvalue weighted by atomic mass is 35.5. The van der Waals surface area contributed by atoms with Gasteiger partial charge in [-0.1, -0.05) is 95.9 Å². The van der Waals surface area contributed by atoms with E-state index in [1.54, 1.807) is 0 Å². The van der Waals surface area contributed by atoms with Crippen molar-refractivity contribution in [2.45, 2.75) is 0 Å². The first-order valence-corrected chi connectivity index (χ1v) is 10.4. The van der Waals surface area contributed by atoms with Crippen LogP contribution in [0.1, 0.15) is 22.3 Å². The Morgan fingerprint density at radius 2 is 0.968 bits per heavy atom. The van der Waals surface area contributed by atoms with Gasteiger partial charge in [-0.15, -0.1) is 0 Å². The number of halogens is 1. The average Bonchev–Trinajstić information content (AvgIpc) is 2.82. The minimum Gasteiger partial charge on any atom is -0.0829 e. The second-order valence-electron chi connectivity index (χ2n) is 7.26. The summed E-state index contributed by atoms with van der Waals surface area (Å²) >= 11 is 6.74. The van der Waals surface area contributed by atoms with Crippen LogP contribution in [-0.4, -0.2) is 0 Å². The molecule has 144 valence electrons. The highest BCUT2D eigenvalue weighted by Crippen LogP contribution is 2.32. The Kier molecular flexibility index (Phi) is 5.16. The van der Waals surface area contributed by atoms with E-state index in [1.165, 1.54) is 10.8 Å². The van der Waals surface area contributed by atoms with E-state index >= 15 is 0 Å². The number of benzene rings is 5. The second-order valence-corrected chi connectivity index (χ2v) is 7.67. The first kappa shape index (κ1) is 19.0. The van der Waals surface area contributed by atoms with Gasteiger partial charge in [-0.2, -0.15) is 0 Å². The van der Waals surface area contributed by atoms with Crippen LogP contribution < -0.4 is 0 Å². The third-order valence-corrected chi connectivity index (χ3v) is 5.47. The van der Waals surface area contributed by atoms with Crippen molar-refractivity contribution >= 4 is 33.1 Å². The summed E-state index contributed by atoms with van der Waals surface area (Å²) in [6.45, 7) is 0. The van der Waals surface area contributed by atoms with Gasteiger partial charge in [-0.3, -0.25) is 0 Å². The maximum absolute atomic E-state index is 6.74. The standard InChI is InChI=1S/C30H17Cl/c31-30-21-26-19-24-13-7-8-14-25(24)20-29(26)27(17-15-22-9-3-1-4-10-22)28(30)18-16-23-11-5-2-6-12-23/h1-14,19-21H. The van der Waals surface area contributed by atoms with Gasteiger partial charge < -0.3 is 0 Å². The molecule has 0 radical (unpaired) electrons. The minimum atomic E-state index is 0.614. The fraction of sp³-hybridized carbons (Fsp3) is 0.